The second kappa shape index (κ2) is 15.1. The van der Waals surface area contributed by atoms with Gasteiger partial charge < -0.3 is 23.9 Å². The Hall–Kier alpha value is -6.60. The van der Waals surface area contributed by atoms with Gasteiger partial charge in [-0.25, -0.2) is 0 Å². The van der Waals surface area contributed by atoms with Crippen LogP contribution in [-0.4, -0.2) is 5.91 Å². The van der Waals surface area contributed by atoms with Gasteiger partial charge in [0.1, 0.15) is 36.8 Å². The molecule has 1 aromatic heterocycles. The van der Waals surface area contributed by atoms with Crippen molar-refractivity contribution < 1.29 is 23.4 Å². The molecule has 1 amide bonds. The van der Waals surface area contributed by atoms with E-state index in [0.29, 0.717) is 59.2 Å². The molecule has 7 heteroatoms. The zero-order valence-corrected chi connectivity index (χ0v) is 27.1. The van der Waals surface area contributed by atoms with E-state index in [-0.39, 0.29) is 16.9 Å². The molecule has 0 saturated heterocycles. The predicted octanol–water partition coefficient (Wildman–Crippen LogP) is 9.45. The topological polar surface area (TPSA) is 87.0 Å². The van der Waals surface area contributed by atoms with Crippen LogP contribution in [0.15, 0.2) is 167 Å². The Morgan fingerprint density at radius 1 is 0.560 bits per heavy atom. The Balaban J connectivity index is 1.20. The lowest BCUT2D eigenvalue weighted by molar-refractivity contribution is 0.102. The lowest BCUT2D eigenvalue weighted by Crippen LogP contribution is -2.19. The summed E-state index contributed by atoms with van der Waals surface area (Å²) in [4.78, 5) is 27.5. The number of anilines is 1. The minimum atomic E-state index is -0.466. The number of carbonyl (C=O) groups is 1. The Labute approximate surface area is 289 Å². The summed E-state index contributed by atoms with van der Waals surface area (Å²) in [5.41, 5.74) is 3.95. The van der Waals surface area contributed by atoms with Crippen LogP contribution in [0.3, 0.4) is 0 Å². The highest BCUT2D eigenvalue weighted by Gasteiger charge is 2.21. The quantitative estimate of drug-likeness (QED) is 0.141. The Morgan fingerprint density at radius 3 is 1.72 bits per heavy atom. The molecular weight excluding hydrogens is 626 g/mol. The van der Waals surface area contributed by atoms with Crippen LogP contribution >= 0.6 is 0 Å². The van der Waals surface area contributed by atoms with Gasteiger partial charge in [0.2, 0.25) is 5.43 Å². The second-order valence-electron chi connectivity index (χ2n) is 11.6. The second-order valence-corrected chi connectivity index (χ2v) is 11.6. The molecule has 6 aromatic carbocycles. The standard InChI is InChI=1S/C43H33NO6/c45-41-36-18-10-11-19-37(36)50-42(40(41)44-43(46)33-20-23-35(24-21-33)47-27-30-12-4-1-5-13-30)34-22-25-38(48-28-31-14-6-2-7-15-31)39(26-34)49-29-32-16-8-3-9-17-32/h1-26H,27-29H2,(H,44,46). The Morgan fingerprint density at radius 2 is 1.10 bits per heavy atom. The van der Waals surface area contributed by atoms with Gasteiger partial charge in [-0.2, -0.15) is 0 Å². The summed E-state index contributed by atoms with van der Waals surface area (Å²) in [7, 11) is 0. The molecule has 246 valence electrons. The van der Waals surface area contributed by atoms with E-state index < -0.39 is 5.91 Å². The largest absolute Gasteiger partial charge is 0.489 e. The smallest absolute Gasteiger partial charge is 0.255 e. The van der Waals surface area contributed by atoms with E-state index in [1.165, 1.54) is 0 Å². The molecule has 0 spiro atoms. The van der Waals surface area contributed by atoms with Crippen LogP contribution in [0.25, 0.3) is 22.3 Å². The first-order chi connectivity index (χ1) is 24.6. The van der Waals surface area contributed by atoms with Crippen LogP contribution in [0.2, 0.25) is 0 Å². The summed E-state index contributed by atoms with van der Waals surface area (Å²) < 4.78 is 24.7. The third kappa shape index (κ3) is 7.58. The molecule has 0 saturated carbocycles. The molecule has 7 nitrogen and oxygen atoms in total. The van der Waals surface area contributed by atoms with Crippen molar-refractivity contribution in [2.75, 3.05) is 5.32 Å². The van der Waals surface area contributed by atoms with Crippen molar-refractivity contribution in [3.63, 3.8) is 0 Å². The molecule has 0 radical (unpaired) electrons. The third-order valence-electron chi connectivity index (χ3n) is 8.08. The maximum atomic E-state index is 13.9. The van der Waals surface area contributed by atoms with E-state index in [4.69, 9.17) is 18.6 Å². The monoisotopic (exact) mass is 659 g/mol. The number of ether oxygens (including phenoxy) is 3. The molecule has 50 heavy (non-hydrogen) atoms. The van der Waals surface area contributed by atoms with Crippen molar-refractivity contribution in [2.45, 2.75) is 19.8 Å². The molecule has 0 unspecified atom stereocenters. The van der Waals surface area contributed by atoms with E-state index in [1.807, 2.05) is 91.0 Å². The molecule has 0 atom stereocenters. The van der Waals surface area contributed by atoms with Crippen molar-refractivity contribution in [1.82, 2.24) is 0 Å². The lowest BCUT2D eigenvalue weighted by Gasteiger charge is -2.16. The van der Waals surface area contributed by atoms with Crippen molar-refractivity contribution in [3.8, 4) is 28.6 Å². The highest BCUT2D eigenvalue weighted by atomic mass is 16.5. The molecule has 1 heterocycles. The van der Waals surface area contributed by atoms with Crippen molar-refractivity contribution in [3.05, 3.63) is 190 Å². The van der Waals surface area contributed by atoms with Crippen molar-refractivity contribution in [2.24, 2.45) is 0 Å². The van der Waals surface area contributed by atoms with Gasteiger partial charge in [-0.15, -0.1) is 0 Å². The molecule has 0 aliphatic carbocycles. The van der Waals surface area contributed by atoms with Gasteiger partial charge in [-0.3, -0.25) is 9.59 Å². The summed E-state index contributed by atoms with van der Waals surface area (Å²) in [6, 6.07) is 48.6. The van der Waals surface area contributed by atoms with Crippen molar-refractivity contribution >= 4 is 22.6 Å². The average Bonchev–Trinajstić information content (AvgIpc) is 3.18. The molecule has 0 bridgehead atoms. The molecule has 0 fully saturated rings. The molecule has 0 aliphatic rings. The van der Waals surface area contributed by atoms with Gasteiger partial charge in [-0.05, 0) is 71.3 Å². The number of fused-ring (bicyclic) bond motifs is 1. The highest BCUT2D eigenvalue weighted by Crippen LogP contribution is 2.37. The number of hydrogen-bond donors (Lipinski definition) is 1. The Kier molecular flexibility index (Phi) is 9.65. The molecule has 7 aromatic rings. The maximum Gasteiger partial charge on any atom is 0.255 e. The zero-order valence-electron chi connectivity index (χ0n) is 27.1. The normalized spacial score (nSPS) is 10.8. The number of nitrogens with one attached hydrogen (secondary N) is 1. The molecule has 0 aliphatic heterocycles. The predicted molar refractivity (Wildman–Crippen MR) is 195 cm³/mol. The first-order valence-corrected chi connectivity index (χ1v) is 16.2. The number of para-hydroxylation sites is 1. The average molecular weight is 660 g/mol. The first kappa shape index (κ1) is 32.0. The number of amides is 1. The third-order valence-corrected chi connectivity index (χ3v) is 8.08. The first-order valence-electron chi connectivity index (χ1n) is 16.2. The summed E-state index contributed by atoms with van der Waals surface area (Å²) in [6.45, 7) is 1.04. The lowest BCUT2D eigenvalue weighted by atomic mass is 10.1. The van der Waals surface area contributed by atoms with E-state index in [0.717, 1.165) is 16.7 Å². The fourth-order valence-corrected chi connectivity index (χ4v) is 5.44. The van der Waals surface area contributed by atoms with Gasteiger partial charge in [0.15, 0.2) is 17.3 Å². The van der Waals surface area contributed by atoms with Gasteiger partial charge in [0.05, 0.1) is 5.39 Å². The minimum Gasteiger partial charge on any atom is -0.489 e. The number of benzene rings is 6. The van der Waals surface area contributed by atoms with Crippen LogP contribution in [0, 0.1) is 0 Å². The number of hydrogen-bond acceptors (Lipinski definition) is 6. The fraction of sp³-hybridized carbons (Fsp3) is 0.0698. The summed E-state index contributed by atoms with van der Waals surface area (Å²) in [5.74, 6) is 1.34. The van der Waals surface area contributed by atoms with E-state index >= 15 is 0 Å². The highest BCUT2D eigenvalue weighted by molar-refractivity contribution is 6.06. The van der Waals surface area contributed by atoms with Gasteiger partial charge in [0.25, 0.3) is 5.91 Å². The molecule has 7 rings (SSSR count). The number of rotatable bonds is 12. The number of carbonyl (C=O) groups excluding carboxylic acids is 1. The van der Waals surface area contributed by atoms with E-state index in [2.05, 4.69) is 5.32 Å². The van der Waals surface area contributed by atoms with Gasteiger partial charge >= 0.3 is 0 Å². The molecular formula is C43H33NO6. The van der Waals surface area contributed by atoms with Gasteiger partial charge in [-0.1, -0.05) is 103 Å². The van der Waals surface area contributed by atoms with Crippen molar-refractivity contribution in [1.29, 1.82) is 0 Å². The summed E-state index contributed by atoms with van der Waals surface area (Å²) in [5, 5.41) is 3.19. The van der Waals surface area contributed by atoms with E-state index in [9.17, 15) is 9.59 Å². The van der Waals surface area contributed by atoms with Crippen LogP contribution < -0.4 is 25.0 Å². The summed E-state index contributed by atoms with van der Waals surface area (Å²) >= 11 is 0. The van der Waals surface area contributed by atoms with Gasteiger partial charge in [0, 0.05) is 11.1 Å². The van der Waals surface area contributed by atoms with Crippen LogP contribution in [0.5, 0.6) is 17.2 Å². The van der Waals surface area contributed by atoms with Crippen LogP contribution in [0.4, 0.5) is 5.69 Å². The van der Waals surface area contributed by atoms with E-state index in [1.54, 1.807) is 66.7 Å². The Bertz CT molecular complexity index is 2270. The fourth-order valence-electron chi connectivity index (χ4n) is 5.44. The summed E-state index contributed by atoms with van der Waals surface area (Å²) in [6.07, 6.45) is 0. The minimum absolute atomic E-state index is 0.0186. The van der Waals surface area contributed by atoms with Crippen LogP contribution in [-0.2, 0) is 19.8 Å². The zero-order chi connectivity index (χ0) is 34.1. The molecule has 1 N–H and O–H groups in total. The SMILES string of the molecule is O=C(Nc1c(-c2ccc(OCc3ccccc3)c(OCc3ccccc3)c2)oc2ccccc2c1=O)c1ccc(OCc2ccccc2)cc1. The maximum absolute atomic E-state index is 13.9. The van der Waals surface area contributed by atoms with Crippen LogP contribution in [0.1, 0.15) is 27.0 Å².